The normalized spacial score (nSPS) is 9.80. The molecular weight excluding hydrogens is 278 g/mol. The lowest BCUT2D eigenvalue weighted by Gasteiger charge is -2.07. The summed E-state index contributed by atoms with van der Waals surface area (Å²) in [6.45, 7) is 0.294. The van der Waals surface area contributed by atoms with Crippen molar-refractivity contribution >= 4 is 17.6 Å². The van der Waals surface area contributed by atoms with E-state index < -0.39 is 5.97 Å². The highest BCUT2D eigenvalue weighted by atomic mass is 35.5. The molecule has 20 heavy (non-hydrogen) atoms. The third kappa shape index (κ3) is 3.28. The molecule has 0 aliphatic rings. The number of carbonyl (C=O) groups is 1. The molecule has 100 valence electrons. The average Bonchev–Trinajstić information content (AvgIpc) is 2.45. The van der Waals surface area contributed by atoms with Gasteiger partial charge < -0.3 is 9.84 Å². The van der Waals surface area contributed by atoms with Crippen LogP contribution in [-0.2, 0) is 6.61 Å². The molecule has 0 spiro atoms. The zero-order valence-electron chi connectivity index (χ0n) is 10.3. The fourth-order valence-corrected chi connectivity index (χ4v) is 1.80. The van der Waals surface area contributed by atoms with Crippen molar-refractivity contribution in [3.8, 4) is 11.8 Å². The van der Waals surface area contributed by atoms with Crippen LogP contribution in [0, 0.1) is 11.3 Å². The van der Waals surface area contributed by atoms with Crippen molar-refractivity contribution in [3.05, 3.63) is 64.2 Å². The van der Waals surface area contributed by atoms with E-state index in [1.165, 1.54) is 12.1 Å². The summed E-state index contributed by atoms with van der Waals surface area (Å²) in [5.74, 6) is -0.410. The van der Waals surface area contributed by atoms with Gasteiger partial charge in [0.2, 0.25) is 0 Å². The van der Waals surface area contributed by atoms with Crippen LogP contribution < -0.4 is 4.74 Å². The van der Waals surface area contributed by atoms with Crippen molar-refractivity contribution in [2.45, 2.75) is 6.61 Å². The van der Waals surface area contributed by atoms with Crippen LogP contribution in [0.5, 0.6) is 5.75 Å². The van der Waals surface area contributed by atoms with Gasteiger partial charge in [0.05, 0.1) is 16.1 Å². The van der Waals surface area contributed by atoms with Crippen molar-refractivity contribution in [2.24, 2.45) is 0 Å². The Labute approximate surface area is 120 Å². The predicted octanol–water partition coefficient (Wildman–Crippen LogP) is 3.49. The van der Waals surface area contributed by atoms with Gasteiger partial charge in [-0.25, -0.2) is 4.79 Å². The lowest BCUT2D eigenvalue weighted by atomic mass is 10.1. The van der Waals surface area contributed by atoms with E-state index in [2.05, 4.69) is 0 Å². The number of hydrogen-bond donors (Lipinski definition) is 1. The van der Waals surface area contributed by atoms with Crippen molar-refractivity contribution in [2.75, 3.05) is 0 Å². The van der Waals surface area contributed by atoms with Gasteiger partial charge in [0.1, 0.15) is 18.4 Å². The number of ether oxygens (including phenoxy) is 1. The van der Waals surface area contributed by atoms with Crippen molar-refractivity contribution in [1.82, 2.24) is 0 Å². The number of nitrogens with zero attached hydrogens (tertiary/aromatic N) is 1. The molecule has 0 heterocycles. The van der Waals surface area contributed by atoms with Crippen LogP contribution in [0.1, 0.15) is 21.5 Å². The summed E-state index contributed by atoms with van der Waals surface area (Å²) < 4.78 is 5.53. The van der Waals surface area contributed by atoms with Gasteiger partial charge >= 0.3 is 5.97 Å². The Balaban J connectivity index is 2.03. The van der Waals surface area contributed by atoms with E-state index >= 15 is 0 Å². The molecule has 1 N–H and O–H groups in total. The summed E-state index contributed by atoms with van der Waals surface area (Å²) in [6, 6.07) is 13.2. The molecule has 0 fully saturated rings. The SMILES string of the molecule is N#Cc1ccc(OCc2ccc(C(=O)O)cc2)cc1Cl. The van der Waals surface area contributed by atoms with Crippen molar-refractivity contribution in [1.29, 1.82) is 5.26 Å². The number of carboxylic acid groups (broad SMARTS) is 1. The first-order valence-electron chi connectivity index (χ1n) is 5.75. The van der Waals surface area contributed by atoms with Crippen molar-refractivity contribution in [3.63, 3.8) is 0 Å². The van der Waals surface area contributed by atoms with E-state index in [9.17, 15) is 4.79 Å². The molecule has 0 radical (unpaired) electrons. The molecule has 0 atom stereocenters. The second kappa shape index (κ2) is 6.09. The summed E-state index contributed by atoms with van der Waals surface area (Å²) in [6.07, 6.45) is 0. The molecule has 2 aromatic rings. The van der Waals surface area contributed by atoms with Crippen LogP contribution in [0.2, 0.25) is 5.02 Å². The number of nitriles is 1. The predicted molar refractivity (Wildman–Crippen MR) is 73.9 cm³/mol. The monoisotopic (exact) mass is 287 g/mol. The largest absolute Gasteiger partial charge is 0.489 e. The van der Waals surface area contributed by atoms with Gasteiger partial charge in [0, 0.05) is 6.07 Å². The smallest absolute Gasteiger partial charge is 0.335 e. The average molecular weight is 288 g/mol. The molecule has 0 bridgehead atoms. The highest BCUT2D eigenvalue weighted by molar-refractivity contribution is 6.31. The topological polar surface area (TPSA) is 70.3 Å². The van der Waals surface area contributed by atoms with E-state index in [1.54, 1.807) is 30.3 Å². The van der Waals surface area contributed by atoms with Crippen LogP contribution in [0.3, 0.4) is 0 Å². The Bertz CT molecular complexity index is 675. The number of hydrogen-bond acceptors (Lipinski definition) is 3. The Morgan fingerprint density at radius 3 is 2.50 bits per heavy atom. The van der Waals surface area contributed by atoms with Gasteiger partial charge in [-0.15, -0.1) is 0 Å². The molecule has 0 saturated heterocycles. The zero-order valence-corrected chi connectivity index (χ0v) is 11.1. The van der Waals surface area contributed by atoms with Crippen LogP contribution in [0.15, 0.2) is 42.5 Å². The van der Waals surface area contributed by atoms with Gasteiger partial charge in [-0.2, -0.15) is 5.26 Å². The minimum atomic E-state index is -0.962. The van der Waals surface area contributed by atoms with Gasteiger partial charge in [0.25, 0.3) is 0 Å². The third-order valence-electron chi connectivity index (χ3n) is 2.67. The number of aromatic carboxylic acids is 1. The summed E-state index contributed by atoms with van der Waals surface area (Å²) in [5.41, 5.74) is 1.47. The van der Waals surface area contributed by atoms with Gasteiger partial charge in [-0.1, -0.05) is 23.7 Å². The van der Waals surface area contributed by atoms with Crippen LogP contribution in [0.4, 0.5) is 0 Å². The van der Waals surface area contributed by atoms with Crippen LogP contribution >= 0.6 is 11.6 Å². The molecule has 0 unspecified atom stereocenters. The van der Waals surface area contributed by atoms with E-state index in [-0.39, 0.29) is 5.56 Å². The zero-order chi connectivity index (χ0) is 14.5. The molecular formula is C15H10ClNO3. The Hall–Kier alpha value is -2.51. The standard InChI is InChI=1S/C15H10ClNO3/c16-14-7-13(6-5-12(14)8-17)20-9-10-1-3-11(4-2-10)15(18)19/h1-7H,9H2,(H,18,19). The Morgan fingerprint density at radius 1 is 1.25 bits per heavy atom. The molecule has 0 aromatic heterocycles. The third-order valence-corrected chi connectivity index (χ3v) is 2.98. The molecule has 4 nitrogen and oxygen atoms in total. The molecule has 0 saturated carbocycles. The van der Waals surface area contributed by atoms with Crippen LogP contribution in [-0.4, -0.2) is 11.1 Å². The summed E-state index contributed by atoms with van der Waals surface area (Å²) in [7, 11) is 0. The highest BCUT2D eigenvalue weighted by Crippen LogP contribution is 2.22. The summed E-state index contributed by atoms with van der Waals surface area (Å²) in [5, 5.41) is 17.9. The van der Waals surface area contributed by atoms with E-state index in [4.69, 9.17) is 26.7 Å². The summed E-state index contributed by atoms with van der Waals surface area (Å²) in [4.78, 5) is 10.7. The van der Waals surface area contributed by atoms with Gasteiger partial charge in [-0.05, 0) is 29.8 Å². The molecule has 0 aliphatic carbocycles. The maximum Gasteiger partial charge on any atom is 0.335 e. The second-order valence-electron chi connectivity index (χ2n) is 4.04. The quantitative estimate of drug-likeness (QED) is 0.934. The maximum atomic E-state index is 10.7. The van der Waals surface area contributed by atoms with E-state index in [0.717, 1.165) is 5.56 Å². The molecule has 2 rings (SSSR count). The number of halogens is 1. The lowest BCUT2D eigenvalue weighted by Crippen LogP contribution is -1.99. The van der Waals surface area contributed by atoms with Crippen LogP contribution in [0.25, 0.3) is 0 Å². The molecule has 2 aromatic carbocycles. The van der Waals surface area contributed by atoms with Gasteiger partial charge in [0.15, 0.2) is 0 Å². The first kappa shape index (κ1) is 13.9. The maximum absolute atomic E-state index is 10.7. The Kier molecular flexibility index (Phi) is 4.24. The second-order valence-corrected chi connectivity index (χ2v) is 4.45. The molecule has 5 heteroatoms. The van der Waals surface area contributed by atoms with E-state index in [0.29, 0.717) is 22.9 Å². The Morgan fingerprint density at radius 2 is 1.95 bits per heavy atom. The molecule has 0 amide bonds. The fraction of sp³-hybridized carbons (Fsp3) is 0.0667. The number of benzene rings is 2. The van der Waals surface area contributed by atoms with E-state index in [1.807, 2.05) is 6.07 Å². The first-order valence-corrected chi connectivity index (χ1v) is 6.12. The minimum Gasteiger partial charge on any atom is -0.489 e. The summed E-state index contributed by atoms with van der Waals surface area (Å²) >= 11 is 5.90. The minimum absolute atomic E-state index is 0.232. The number of rotatable bonds is 4. The number of carboxylic acids is 1. The highest BCUT2D eigenvalue weighted by Gasteiger charge is 2.04. The fourth-order valence-electron chi connectivity index (χ4n) is 1.59. The first-order chi connectivity index (χ1) is 9.60. The lowest BCUT2D eigenvalue weighted by molar-refractivity contribution is 0.0697. The molecule has 0 aliphatic heterocycles. The van der Waals surface area contributed by atoms with Crippen molar-refractivity contribution < 1.29 is 14.6 Å². The van der Waals surface area contributed by atoms with Gasteiger partial charge in [-0.3, -0.25) is 0 Å².